The zero-order valence-corrected chi connectivity index (χ0v) is 23.6. The first-order chi connectivity index (χ1) is 17.9. The molecule has 0 bridgehead atoms. The lowest BCUT2D eigenvalue weighted by molar-refractivity contribution is -0.129. The maximum atomic E-state index is 12.8. The van der Waals surface area contributed by atoms with E-state index < -0.39 is 23.7 Å². The van der Waals surface area contributed by atoms with Crippen molar-refractivity contribution >= 4 is 29.5 Å². The fourth-order valence-corrected chi connectivity index (χ4v) is 3.36. The Morgan fingerprint density at radius 3 is 2.29 bits per heavy atom. The van der Waals surface area contributed by atoms with E-state index in [1.54, 1.807) is 31.2 Å². The van der Waals surface area contributed by atoms with E-state index >= 15 is 0 Å². The largest absolute Gasteiger partial charge is 0.446 e. The number of benzene rings is 1. The number of carbonyl (C=O) groups is 3. The van der Waals surface area contributed by atoms with Gasteiger partial charge in [0.05, 0.1) is 0 Å². The van der Waals surface area contributed by atoms with Crippen molar-refractivity contribution in [2.75, 3.05) is 0 Å². The summed E-state index contributed by atoms with van der Waals surface area (Å²) in [5.74, 6) is -0.743. The number of ether oxygens (including phenoxy) is 1. The fourth-order valence-electron chi connectivity index (χ4n) is 3.27. The number of primary amides is 1. The van der Waals surface area contributed by atoms with E-state index in [9.17, 15) is 14.4 Å². The highest BCUT2D eigenvalue weighted by Gasteiger charge is 2.31. The zero-order chi connectivity index (χ0) is 28.6. The molecule has 0 radical (unpaired) electrons. The van der Waals surface area contributed by atoms with Crippen molar-refractivity contribution in [3.8, 4) is 0 Å². The average Bonchev–Trinajstić information content (AvgIpc) is 2.84. The van der Waals surface area contributed by atoms with Gasteiger partial charge in [0.1, 0.15) is 12.1 Å². The molecule has 0 aliphatic rings. The number of nitrogens with one attached hydrogen (secondary N) is 2. The summed E-state index contributed by atoms with van der Waals surface area (Å²) in [6.45, 7) is 9.31. The normalized spacial score (nSPS) is 14.6. The topological polar surface area (TPSA) is 111 Å². The van der Waals surface area contributed by atoms with Gasteiger partial charge in [0.15, 0.2) is 0 Å². The molecule has 7 nitrogen and oxygen atoms in total. The summed E-state index contributed by atoms with van der Waals surface area (Å²) in [5.41, 5.74) is 6.89. The molecule has 0 fully saturated rings. The maximum absolute atomic E-state index is 12.8. The number of hydrogen-bond acceptors (Lipinski definition) is 4. The third kappa shape index (κ3) is 14.9. The Labute approximate surface area is 231 Å². The minimum Gasteiger partial charge on any atom is -0.446 e. The summed E-state index contributed by atoms with van der Waals surface area (Å²) in [5, 5.41) is 6.03. The zero-order valence-electron chi connectivity index (χ0n) is 22.9. The molecule has 0 aromatic heterocycles. The van der Waals surface area contributed by atoms with Crippen LogP contribution in [-0.2, 0) is 20.7 Å². The minimum absolute atomic E-state index is 0.324. The van der Waals surface area contributed by atoms with Crippen LogP contribution >= 0.6 is 11.6 Å². The van der Waals surface area contributed by atoms with E-state index in [4.69, 9.17) is 22.1 Å². The van der Waals surface area contributed by atoms with Gasteiger partial charge in [-0.2, -0.15) is 0 Å². The summed E-state index contributed by atoms with van der Waals surface area (Å²) >= 11 is 5.84. The smallest absolute Gasteiger partial charge is 0.404 e. The van der Waals surface area contributed by atoms with Crippen molar-refractivity contribution in [2.24, 2.45) is 11.1 Å². The highest BCUT2D eigenvalue weighted by atomic mass is 35.5. The second-order valence-electron chi connectivity index (χ2n) is 9.90. The predicted octanol–water partition coefficient (Wildman–Crippen LogP) is 5.84. The number of carbonyl (C=O) groups excluding carboxylic acids is 3. The highest BCUT2D eigenvalue weighted by molar-refractivity contribution is 6.29. The second kappa shape index (κ2) is 17.0. The predicted molar refractivity (Wildman–Crippen MR) is 154 cm³/mol. The molecule has 38 heavy (non-hydrogen) atoms. The third-order valence-electron chi connectivity index (χ3n) is 5.32. The van der Waals surface area contributed by atoms with Crippen LogP contribution in [-0.4, -0.2) is 30.1 Å². The third-order valence-corrected chi connectivity index (χ3v) is 5.48. The molecule has 0 spiro atoms. The van der Waals surface area contributed by atoms with Gasteiger partial charge in [0, 0.05) is 23.9 Å². The van der Waals surface area contributed by atoms with Crippen LogP contribution in [0, 0.1) is 5.41 Å². The van der Waals surface area contributed by atoms with Crippen molar-refractivity contribution < 1.29 is 19.1 Å². The molecule has 0 aliphatic heterocycles. The van der Waals surface area contributed by atoms with Crippen LogP contribution < -0.4 is 16.4 Å². The van der Waals surface area contributed by atoms with Gasteiger partial charge in [0.2, 0.25) is 11.8 Å². The van der Waals surface area contributed by atoms with Gasteiger partial charge in [-0.05, 0) is 37.4 Å². The molecule has 0 saturated carbocycles. The molecule has 2 atom stereocenters. The van der Waals surface area contributed by atoms with Crippen LogP contribution in [0.25, 0.3) is 0 Å². The monoisotopic (exact) mass is 541 g/mol. The molecule has 4 N–H and O–H groups in total. The van der Waals surface area contributed by atoms with Gasteiger partial charge in [-0.3, -0.25) is 9.59 Å². The summed E-state index contributed by atoms with van der Waals surface area (Å²) in [4.78, 5) is 36.4. The Hall–Kier alpha value is -3.58. The number of hydrogen-bond donors (Lipinski definition) is 3. The van der Waals surface area contributed by atoms with Crippen LogP contribution in [0.5, 0.6) is 0 Å². The van der Waals surface area contributed by atoms with Crippen LogP contribution in [0.3, 0.4) is 0 Å². The van der Waals surface area contributed by atoms with Crippen molar-refractivity contribution in [1.29, 1.82) is 0 Å². The van der Waals surface area contributed by atoms with Gasteiger partial charge in [-0.15, -0.1) is 0 Å². The SMILES string of the molecule is C/C(Cl)=C\CC(C/C=C\NC(=O)C(NC(=O)\C=C/C=C\C(C)=C\Cc1ccccc1)C(C)(C)C)OC(N)=O. The Kier molecular flexibility index (Phi) is 14.5. The van der Waals surface area contributed by atoms with Crippen LogP contribution in [0.1, 0.15) is 53.0 Å². The Morgan fingerprint density at radius 2 is 1.68 bits per heavy atom. The molecule has 2 unspecified atom stereocenters. The lowest BCUT2D eigenvalue weighted by atomic mass is 9.86. The second-order valence-corrected chi connectivity index (χ2v) is 10.5. The van der Waals surface area contributed by atoms with Crippen LogP contribution in [0.2, 0.25) is 0 Å². The summed E-state index contributed by atoms with van der Waals surface area (Å²) in [6.07, 6.45) is 13.8. The van der Waals surface area contributed by atoms with E-state index in [1.807, 2.05) is 52.0 Å². The molecular weight excluding hydrogens is 502 g/mol. The molecule has 0 saturated heterocycles. The first-order valence-corrected chi connectivity index (χ1v) is 12.9. The minimum atomic E-state index is -0.884. The van der Waals surface area contributed by atoms with Gasteiger partial charge in [-0.1, -0.05) is 105 Å². The van der Waals surface area contributed by atoms with Gasteiger partial charge in [-0.25, -0.2) is 4.79 Å². The van der Waals surface area contributed by atoms with Crippen molar-refractivity contribution in [1.82, 2.24) is 10.6 Å². The van der Waals surface area contributed by atoms with Gasteiger partial charge >= 0.3 is 6.09 Å². The lowest BCUT2D eigenvalue weighted by Crippen LogP contribution is -2.52. The van der Waals surface area contributed by atoms with Crippen molar-refractivity contribution in [3.63, 3.8) is 0 Å². The van der Waals surface area contributed by atoms with Gasteiger partial charge in [0.25, 0.3) is 0 Å². The van der Waals surface area contributed by atoms with Crippen LogP contribution in [0.4, 0.5) is 4.79 Å². The quantitative estimate of drug-likeness (QED) is 0.215. The number of nitrogens with two attached hydrogens (primary N) is 1. The number of amides is 3. The van der Waals surface area contributed by atoms with E-state index in [0.29, 0.717) is 17.9 Å². The molecule has 1 aromatic carbocycles. The molecule has 0 heterocycles. The maximum Gasteiger partial charge on any atom is 0.404 e. The molecule has 8 heteroatoms. The van der Waals surface area contributed by atoms with E-state index in [0.717, 1.165) is 12.0 Å². The first-order valence-electron chi connectivity index (χ1n) is 12.5. The van der Waals surface area contributed by atoms with Crippen molar-refractivity contribution in [3.05, 3.63) is 95.2 Å². The Balaban J connectivity index is 2.66. The highest BCUT2D eigenvalue weighted by Crippen LogP contribution is 2.19. The lowest BCUT2D eigenvalue weighted by Gasteiger charge is -2.29. The molecular formula is C30H40ClN3O4. The van der Waals surface area contributed by atoms with Crippen molar-refractivity contribution in [2.45, 2.75) is 66.0 Å². The Morgan fingerprint density at radius 1 is 1.03 bits per heavy atom. The molecule has 3 amide bonds. The molecule has 206 valence electrons. The summed E-state index contributed by atoms with van der Waals surface area (Å²) in [6, 6.07) is 9.38. The standard InChI is InChI=1S/C30H40ClN3O4/c1-22(17-19-24-13-7-6-8-14-24)12-9-10-16-26(35)34-27(30(3,4)5)28(36)33-21-11-15-25(38-29(32)37)20-18-23(2)31/h6-14,16-18,21,25,27H,15,19-20H2,1-5H3,(H2,32,37)(H,33,36)(H,34,35)/b12-9-,16-10-,21-11-,22-17+,23-18+. The van der Waals surface area contributed by atoms with E-state index in [1.165, 1.54) is 17.8 Å². The summed E-state index contributed by atoms with van der Waals surface area (Å²) in [7, 11) is 0. The number of rotatable bonds is 13. The van der Waals surface area contributed by atoms with E-state index in [2.05, 4.69) is 28.8 Å². The fraction of sp³-hybridized carbons (Fsp3) is 0.367. The Bertz CT molecular complexity index is 1060. The molecule has 1 aromatic rings. The molecule has 0 aliphatic carbocycles. The number of allylic oxidation sites excluding steroid dienone is 6. The van der Waals surface area contributed by atoms with E-state index in [-0.39, 0.29) is 11.8 Å². The average molecular weight is 542 g/mol. The van der Waals surface area contributed by atoms with Gasteiger partial charge < -0.3 is 21.1 Å². The molecule has 1 rings (SSSR count). The first kappa shape index (κ1) is 32.4. The van der Waals surface area contributed by atoms with Crippen LogP contribution in [0.15, 0.2) is 89.7 Å². The summed E-state index contributed by atoms with van der Waals surface area (Å²) < 4.78 is 5.06. The number of halogens is 1.